The number of non-ortho nitro benzene ring substituents is 1. The number of nitro benzene ring substituents is 1. The maximum atomic E-state index is 12.1. The SMILES string of the molecule is C[SH](O)(Cc1cccc([N+](=O)[O-])c1)=NC(=O)C(F)(F)F. The topological polar surface area (TPSA) is 92.8 Å². The van der Waals surface area contributed by atoms with E-state index in [1.807, 2.05) is 0 Å². The number of thiol groups is 1. The molecule has 20 heavy (non-hydrogen) atoms. The summed E-state index contributed by atoms with van der Waals surface area (Å²) in [7, 11) is -3.53. The van der Waals surface area contributed by atoms with Crippen molar-refractivity contribution in [3.05, 3.63) is 39.9 Å². The third kappa shape index (κ3) is 4.70. The minimum Gasteiger partial charge on any atom is -0.344 e. The van der Waals surface area contributed by atoms with Gasteiger partial charge in [0.1, 0.15) is 0 Å². The zero-order valence-corrected chi connectivity index (χ0v) is 11.1. The molecule has 0 spiro atoms. The first-order valence-corrected chi connectivity index (χ1v) is 7.50. The first-order chi connectivity index (χ1) is 9.01. The largest absolute Gasteiger partial charge is 0.474 e. The van der Waals surface area contributed by atoms with E-state index < -0.39 is 27.1 Å². The van der Waals surface area contributed by atoms with Crippen LogP contribution >= 0.6 is 0 Å². The Hall–Kier alpha value is -1.81. The summed E-state index contributed by atoms with van der Waals surface area (Å²) in [6.45, 7) is 0. The summed E-state index contributed by atoms with van der Waals surface area (Å²) in [5, 5.41) is 10.6. The summed E-state index contributed by atoms with van der Waals surface area (Å²) in [4.78, 5) is 20.6. The molecule has 112 valence electrons. The molecule has 0 atom stereocenters. The highest BCUT2D eigenvalue weighted by Crippen LogP contribution is 2.21. The molecule has 10 heteroatoms. The van der Waals surface area contributed by atoms with Crippen molar-refractivity contribution in [1.29, 1.82) is 0 Å². The van der Waals surface area contributed by atoms with Crippen molar-refractivity contribution in [1.82, 2.24) is 0 Å². The maximum absolute atomic E-state index is 12.1. The van der Waals surface area contributed by atoms with Gasteiger partial charge in [0.15, 0.2) is 0 Å². The normalized spacial score (nSPS) is 12.8. The van der Waals surface area contributed by atoms with Crippen molar-refractivity contribution >= 4 is 21.7 Å². The number of carbonyl (C=O) groups is 1. The number of nitro groups is 1. The molecule has 1 amide bonds. The molecule has 0 aliphatic heterocycles. The van der Waals surface area contributed by atoms with E-state index in [-0.39, 0.29) is 17.0 Å². The lowest BCUT2D eigenvalue weighted by Gasteiger charge is -2.18. The third-order valence-corrected chi connectivity index (χ3v) is 3.73. The fourth-order valence-corrected chi connectivity index (χ4v) is 2.87. The predicted octanol–water partition coefficient (Wildman–Crippen LogP) is 2.36. The van der Waals surface area contributed by atoms with E-state index in [2.05, 4.69) is 4.36 Å². The summed E-state index contributed by atoms with van der Waals surface area (Å²) >= 11 is 0. The first kappa shape index (κ1) is 16.2. The van der Waals surface area contributed by atoms with E-state index in [1.165, 1.54) is 18.2 Å². The first-order valence-electron chi connectivity index (χ1n) is 5.17. The molecule has 0 saturated carbocycles. The fourth-order valence-electron chi connectivity index (χ4n) is 1.40. The smallest absolute Gasteiger partial charge is 0.344 e. The molecular formula is C10H11F3N2O4S. The second-order valence-electron chi connectivity index (χ2n) is 4.08. The van der Waals surface area contributed by atoms with Crippen molar-refractivity contribution in [2.24, 2.45) is 4.36 Å². The molecule has 0 aromatic heterocycles. The maximum Gasteiger partial charge on any atom is 0.474 e. The lowest BCUT2D eigenvalue weighted by Crippen LogP contribution is -2.24. The van der Waals surface area contributed by atoms with Gasteiger partial charge in [0.25, 0.3) is 5.69 Å². The van der Waals surface area contributed by atoms with Gasteiger partial charge in [0.05, 0.1) is 4.92 Å². The van der Waals surface area contributed by atoms with Gasteiger partial charge in [0.2, 0.25) is 0 Å². The molecule has 6 nitrogen and oxygen atoms in total. The summed E-state index contributed by atoms with van der Waals surface area (Å²) in [5.74, 6) is -2.71. The van der Waals surface area contributed by atoms with Crippen LogP contribution in [0.1, 0.15) is 5.56 Å². The molecular weight excluding hydrogens is 301 g/mol. The number of hydrogen-bond donors (Lipinski definition) is 2. The van der Waals surface area contributed by atoms with E-state index in [1.54, 1.807) is 0 Å². The van der Waals surface area contributed by atoms with Crippen LogP contribution in [-0.4, -0.2) is 27.8 Å². The Morgan fingerprint density at radius 1 is 1.50 bits per heavy atom. The molecule has 0 unspecified atom stereocenters. The van der Waals surface area contributed by atoms with Crippen molar-refractivity contribution in [2.45, 2.75) is 11.9 Å². The monoisotopic (exact) mass is 312 g/mol. The van der Waals surface area contributed by atoms with E-state index in [0.717, 1.165) is 12.3 Å². The number of rotatable bonds is 3. The Bertz CT molecular complexity index is 594. The number of amides is 1. The van der Waals surface area contributed by atoms with Gasteiger partial charge in [-0.1, -0.05) is 12.1 Å². The van der Waals surface area contributed by atoms with Crippen molar-refractivity contribution in [3.8, 4) is 0 Å². The van der Waals surface area contributed by atoms with Crippen LogP contribution in [0.25, 0.3) is 0 Å². The van der Waals surface area contributed by atoms with E-state index in [4.69, 9.17) is 0 Å². The van der Waals surface area contributed by atoms with E-state index in [0.29, 0.717) is 0 Å². The minimum atomic E-state index is -5.15. The highest BCUT2D eigenvalue weighted by atomic mass is 32.3. The van der Waals surface area contributed by atoms with Crippen LogP contribution in [0, 0.1) is 10.1 Å². The van der Waals surface area contributed by atoms with Gasteiger partial charge in [-0.3, -0.25) is 14.9 Å². The quantitative estimate of drug-likeness (QED) is 0.509. The summed E-state index contributed by atoms with van der Waals surface area (Å²) < 4.78 is 48.8. The molecule has 1 N–H and O–H groups in total. The van der Waals surface area contributed by atoms with Crippen LogP contribution in [0.5, 0.6) is 0 Å². The Morgan fingerprint density at radius 2 is 2.10 bits per heavy atom. The number of benzene rings is 1. The summed E-state index contributed by atoms with van der Waals surface area (Å²) in [6, 6.07) is 5.05. The van der Waals surface area contributed by atoms with Gasteiger partial charge in [-0.05, 0) is 11.8 Å². The lowest BCUT2D eigenvalue weighted by molar-refractivity contribution is -0.384. The molecule has 0 fully saturated rings. The van der Waals surface area contributed by atoms with Crippen LogP contribution < -0.4 is 0 Å². The highest BCUT2D eigenvalue weighted by Gasteiger charge is 2.39. The average Bonchev–Trinajstić information content (AvgIpc) is 2.26. The number of hydrogen-bond acceptors (Lipinski definition) is 3. The number of halogens is 3. The summed E-state index contributed by atoms with van der Waals surface area (Å²) in [5.41, 5.74) is -0.0269. The van der Waals surface area contributed by atoms with Gasteiger partial charge in [-0.15, -0.1) is 10.1 Å². The minimum absolute atomic E-state index is 0.233. The van der Waals surface area contributed by atoms with Crippen LogP contribution in [0.15, 0.2) is 28.6 Å². The lowest BCUT2D eigenvalue weighted by atomic mass is 10.2. The highest BCUT2D eigenvalue weighted by molar-refractivity contribution is 7.98. The molecule has 0 bridgehead atoms. The molecule has 1 aromatic rings. The number of nitrogens with zero attached hydrogens (tertiary/aromatic N) is 2. The van der Waals surface area contributed by atoms with Crippen LogP contribution in [0.2, 0.25) is 0 Å². The molecule has 0 saturated heterocycles. The molecule has 0 aliphatic rings. The molecule has 0 radical (unpaired) electrons. The average molecular weight is 312 g/mol. The zero-order chi connectivity index (χ0) is 15.6. The van der Waals surface area contributed by atoms with Crippen molar-refractivity contribution < 1.29 is 27.4 Å². The second kappa shape index (κ2) is 5.67. The Morgan fingerprint density at radius 3 is 2.60 bits per heavy atom. The van der Waals surface area contributed by atoms with Gasteiger partial charge in [0, 0.05) is 17.9 Å². The van der Waals surface area contributed by atoms with Crippen molar-refractivity contribution in [2.75, 3.05) is 6.26 Å². The molecule has 1 aromatic carbocycles. The summed E-state index contributed by atoms with van der Waals surface area (Å²) in [6.07, 6.45) is -4.12. The van der Waals surface area contributed by atoms with Crippen LogP contribution in [-0.2, 0) is 20.7 Å². The van der Waals surface area contributed by atoms with Crippen LogP contribution in [0.4, 0.5) is 18.9 Å². The van der Waals surface area contributed by atoms with Gasteiger partial charge < -0.3 is 4.55 Å². The third-order valence-electron chi connectivity index (χ3n) is 2.15. The zero-order valence-electron chi connectivity index (χ0n) is 10.2. The van der Waals surface area contributed by atoms with Gasteiger partial charge in [-0.2, -0.15) is 17.5 Å². The van der Waals surface area contributed by atoms with E-state index >= 15 is 0 Å². The molecule has 0 aliphatic carbocycles. The molecule has 0 heterocycles. The second-order valence-corrected chi connectivity index (χ2v) is 6.77. The van der Waals surface area contributed by atoms with Gasteiger partial charge in [-0.25, -0.2) is 0 Å². The van der Waals surface area contributed by atoms with Gasteiger partial charge >= 0.3 is 12.1 Å². The number of alkyl halides is 3. The predicted molar refractivity (Wildman–Crippen MR) is 67.6 cm³/mol. The Labute approximate surface area is 112 Å². The number of carbonyl (C=O) groups excluding carboxylic acids is 1. The fraction of sp³-hybridized carbons (Fsp3) is 0.300. The Balaban J connectivity index is 3.02. The van der Waals surface area contributed by atoms with Crippen molar-refractivity contribution in [3.63, 3.8) is 0 Å². The molecule has 1 rings (SSSR count). The standard InChI is InChI=1S/C10H11F3N2O4S/c1-20(19,14-9(16)10(11,12)13)6-7-3-2-4-8(5-7)15(17)18/h2-5,20H,6H2,1H3,(H,14,16,19). The van der Waals surface area contributed by atoms with Crippen LogP contribution in [0.3, 0.4) is 0 Å². The Kier molecular flexibility index (Phi) is 4.61. The van der Waals surface area contributed by atoms with E-state index in [9.17, 15) is 32.6 Å².